The molecule has 0 atom stereocenters. The monoisotopic (exact) mass is 195 g/mol. The average Bonchev–Trinajstić information content (AvgIpc) is 2.19. The van der Waals surface area contributed by atoms with E-state index in [0.29, 0.717) is 5.56 Å². The highest BCUT2D eigenvalue weighted by molar-refractivity contribution is 5.68. The van der Waals surface area contributed by atoms with Crippen LogP contribution in [0, 0.1) is 13.8 Å². The maximum atomic E-state index is 11.6. The molecule has 0 aliphatic rings. The Hall–Kier alpha value is -1.58. The summed E-state index contributed by atoms with van der Waals surface area (Å²) in [6.07, 6.45) is 1.60. The molecular weight excluding hydrogens is 182 g/mol. The Bertz CT molecular complexity index is 406. The van der Waals surface area contributed by atoms with E-state index in [1.807, 2.05) is 6.92 Å². The summed E-state index contributed by atoms with van der Waals surface area (Å²) in [4.78, 5) is 22.5. The van der Waals surface area contributed by atoms with Crippen LogP contribution in [-0.2, 0) is 16.1 Å². The van der Waals surface area contributed by atoms with Gasteiger partial charge >= 0.3 is 5.97 Å². The third-order valence-corrected chi connectivity index (χ3v) is 2.20. The fourth-order valence-corrected chi connectivity index (χ4v) is 1.11. The van der Waals surface area contributed by atoms with Gasteiger partial charge in [-0.1, -0.05) is 0 Å². The minimum atomic E-state index is -0.421. The molecule has 1 aromatic heterocycles. The van der Waals surface area contributed by atoms with Crippen LogP contribution in [0.25, 0.3) is 0 Å². The van der Waals surface area contributed by atoms with Gasteiger partial charge in [0.25, 0.3) is 5.56 Å². The molecule has 0 fully saturated rings. The summed E-state index contributed by atoms with van der Waals surface area (Å²) in [5, 5.41) is 0. The summed E-state index contributed by atoms with van der Waals surface area (Å²) in [6.45, 7) is 3.57. The van der Waals surface area contributed by atoms with Crippen molar-refractivity contribution in [2.24, 2.45) is 0 Å². The average molecular weight is 195 g/mol. The molecule has 0 aliphatic carbocycles. The van der Waals surface area contributed by atoms with E-state index < -0.39 is 5.97 Å². The van der Waals surface area contributed by atoms with Crippen molar-refractivity contribution in [1.29, 1.82) is 0 Å². The predicted octanol–water partition coefficient (Wildman–Crippen LogP) is 0.638. The molecule has 0 amide bonds. The van der Waals surface area contributed by atoms with E-state index in [1.54, 1.807) is 19.2 Å². The lowest BCUT2D eigenvalue weighted by Crippen LogP contribution is -2.26. The van der Waals surface area contributed by atoms with Crippen molar-refractivity contribution >= 4 is 5.97 Å². The Balaban J connectivity index is 3.06. The highest BCUT2D eigenvalue weighted by atomic mass is 16.5. The van der Waals surface area contributed by atoms with E-state index >= 15 is 0 Å². The van der Waals surface area contributed by atoms with Crippen LogP contribution in [0.2, 0.25) is 0 Å². The van der Waals surface area contributed by atoms with Gasteiger partial charge in [0.15, 0.2) is 0 Å². The highest BCUT2D eigenvalue weighted by Gasteiger charge is 2.06. The zero-order valence-electron chi connectivity index (χ0n) is 8.53. The molecule has 4 heteroatoms. The molecule has 0 aromatic carbocycles. The number of ether oxygens (including phenoxy) is 1. The number of nitrogens with zero attached hydrogens (tertiary/aromatic N) is 1. The molecule has 14 heavy (non-hydrogen) atoms. The Morgan fingerprint density at radius 3 is 2.71 bits per heavy atom. The lowest BCUT2D eigenvalue weighted by molar-refractivity contribution is -0.141. The van der Waals surface area contributed by atoms with Gasteiger partial charge in [-0.2, -0.15) is 0 Å². The Morgan fingerprint density at radius 2 is 2.14 bits per heavy atom. The number of hydrogen-bond acceptors (Lipinski definition) is 3. The highest BCUT2D eigenvalue weighted by Crippen LogP contribution is 1.99. The Labute approximate surface area is 82.1 Å². The maximum absolute atomic E-state index is 11.6. The topological polar surface area (TPSA) is 48.3 Å². The molecule has 0 saturated carbocycles. The number of methoxy groups -OCH3 is 1. The van der Waals surface area contributed by atoms with Crippen LogP contribution in [-0.4, -0.2) is 17.6 Å². The van der Waals surface area contributed by atoms with Crippen LogP contribution in [0.15, 0.2) is 17.1 Å². The fraction of sp³-hybridized carbons (Fsp3) is 0.400. The molecule has 0 aliphatic heterocycles. The van der Waals surface area contributed by atoms with Crippen LogP contribution in [0.1, 0.15) is 11.1 Å². The van der Waals surface area contributed by atoms with E-state index in [2.05, 4.69) is 4.74 Å². The van der Waals surface area contributed by atoms with Gasteiger partial charge in [-0.3, -0.25) is 9.59 Å². The molecule has 0 bridgehead atoms. The van der Waals surface area contributed by atoms with Gasteiger partial charge in [-0.25, -0.2) is 0 Å². The molecule has 4 nitrogen and oxygen atoms in total. The van der Waals surface area contributed by atoms with E-state index in [1.165, 1.54) is 11.7 Å². The first-order chi connectivity index (χ1) is 6.56. The largest absolute Gasteiger partial charge is 0.468 e. The van der Waals surface area contributed by atoms with E-state index in [9.17, 15) is 9.59 Å². The summed E-state index contributed by atoms with van der Waals surface area (Å²) >= 11 is 0. The third kappa shape index (κ3) is 2.02. The van der Waals surface area contributed by atoms with Crippen LogP contribution in [0.5, 0.6) is 0 Å². The molecule has 0 spiro atoms. The number of hydrogen-bond donors (Lipinski definition) is 0. The summed E-state index contributed by atoms with van der Waals surface area (Å²) in [6, 6.07) is 1.81. The van der Waals surface area contributed by atoms with Crippen molar-refractivity contribution in [3.05, 3.63) is 33.7 Å². The first-order valence-corrected chi connectivity index (χ1v) is 4.29. The summed E-state index contributed by atoms with van der Waals surface area (Å²) < 4.78 is 5.82. The normalized spacial score (nSPS) is 9.93. The SMILES string of the molecule is COC(=O)Cn1ccc(C)c(C)c1=O. The summed E-state index contributed by atoms with van der Waals surface area (Å²) in [5.41, 5.74) is 1.45. The standard InChI is InChI=1S/C10H13NO3/c1-7-4-5-11(6-9(12)14-3)10(13)8(7)2/h4-5H,6H2,1-3H3. The minimum Gasteiger partial charge on any atom is -0.468 e. The van der Waals surface area contributed by atoms with E-state index in [0.717, 1.165) is 5.56 Å². The number of carbonyl (C=O) groups excluding carboxylic acids is 1. The van der Waals surface area contributed by atoms with Crippen molar-refractivity contribution in [3.8, 4) is 0 Å². The zero-order chi connectivity index (χ0) is 10.7. The molecule has 1 rings (SSSR count). The van der Waals surface area contributed by atoms with Crippen molar-refractivity contribution in [3.63, 3.8) is 0 Å². The maximum Gasteiger partial charge on any atom is 0.325 e. The quantitative estimate of drug-likeness (QED) is 0.650. The van der Waals surface area contributed by atoms with Crippen LogP contribution in [0.4, 0.5) is 0 Å². The third-order valence-electron chi connectivity index (χ3n) is 2.20. The molecule has 1 aromatic rings. The number of carbonyl (C=O) groups is 1. The number of aromatic nitrogens is 1. The molecule has 0 unspecified atom stereocenters. The van der Waals surface area contributed by atoms with Gasteiger partial charge in [0.05, 0.1) is 7.11 Å². The zero-order valence-corrected chi connectivity index (χ0v) is 8.53. The van der Waals surface area contributed by atoms with Crippen molar-refractivity contribution in [2.45, 2.75) is 20.4 Å². The van der Waals surface area contributed by atoms with Crippen molar-refractivity contribution in [1.82, 2.24) is 4.57 Å². The molecule has 0 saturated heterocycles. The summed E-state index contributed by atoms with van der Waals surface area (Å²) in [5.74, 6) is -0.421. The summed E-state index contributed by atoms with van der Waals surface area (Å²) in [7, 11) is 1.30. The van der Waals surface area contributed by atoms with Gasteiger partial charge in [-0.15, -0.1) is 0 Å². The molecule has 0 radical (unpaired) electrons. The van der Waals surface area contributed by atoms with Gasteiger partial charge in [0.2, 0.25) is 0 Å². The van der Waals surface area contributed by atoms with Gasteiger partial charge in [-0.05, 0) is 25.5 Å². The molecule has 1 heterocycles. The lowest BCUT2D eigenvalue weighted by Gasteiger charge is -2.06. The first kappa shape index (κ1) is 10.5. The van der Waals surface area contributed by atoms with Gasteiger partial charge < -0.3 is 9.30 Å². The number of pyridine rings is 1. The Morgan fingerprint density at radius 1 is 1.50 bits per heavy atom. The minimum absolute atomic E-state index is 0.0313. The number of rotatable bonds is 2. The molecule has 76 valence electrons. The van der Waals surface area contributed by atoms with Crippen LogP contribution < -0.4 is 5.56 Å². The lowest BCUT2D eigenvalue weighted by atomic mass is 10.2. The first-order valence-electron chi connectivity index (χ1n) is 4.29. The van der Waals surface area contributed by atoms with Crippen LogP contribution in [0.3, 0.4) is 0 Å². The van der Waals surface area contributed by atoms with Gasteiger partial charge in [0.1, 0.15) is 6.54 Å². The smallest absolute Gasteiger partial charge is 0.325 e. The molecular formula is C10H13NO3. The second-order valence-corrected chi connectivity index (χ2v) is 3.13. The number of aryl methyl sites for hydroxylation is 1. The second-order valence-electron chi connectivity index (χ2n) is 3.13. The molecule has 0 N–H and O–H groups in total. The van der Waals surface area contributed by atoms with Crippen molar-refractivity contribution < 1.29 is 9.53 Å². The number of esters is 1. The fourth-order valence-electron chi connectivity index (χ4n) is 1.11. The predicted molar refractivity (Wildman–Crippen MR) is 52.2 cm³/mol. The van der Waals surface area contributed by atoms with Gasteiger partial charge in [0, 0.05) is 11.8 Å². The van der Waals surface area contributed by atoms with E-state index in [-0.39, 0.29) is 12.1 Å². The van der Waals surface area contributed by atoms with Crippen molar-refractivity contribution in [2.75, 3.05) is 7.11 Å². The van der Waals surface area contributed by atoms with Crippen LogP contribution >= 0.6 is 0 Å². The second kappa shape index (κ2) is 4.09. The van der Waals surface area contributed by atoms with E-state index in [4.69, 9.17) is 0 Å². The Kier molecular flexibility index (Phi) is 3.06.